The Morgan fingerprint density at radius 2 is 1.66 bits per heavy atom. The number of methoxy groups -OCH3 is 1. The van der Waals surface area contributed by atoms with E-state index in [0.29, 0.717) is 5.88 Å². The Bertz CT molecular complexity index is 1090. The van der Waals surface area contributed by atoms with Crippen molar-refractivity contribution in [2.24, 2.45) is 10.5 Å². The number of aromatic nitrogens is 2. The van der Waals surface area contributed by atoms with Crippen molar-refractivity contribution in [2.45, 2.75) is 80.4 Å². The number of hydrazone groups is 1. The van der Waals surface area contributed by atoms with Gasteiger partial charge in [0.05, 0.1) is 18.1 Å². The second-order valence-corrected chi connectivity index (χ2v) is 8.86. The molecule has 0 bridgehead atoms. The molecule has 6 heteroatoms. The lowest BCUT2D eigenvalue weighted by Crippen LogP contribution is -2.20. The van der Waals surface area contributed by atoms with Crippen molar-refractivity contribution in [1.29, 1.82) is 0 Å². The van der Waals surface area contributed by atoms with Gasteiger partial charge < -0.3 is 9.47 Å². The van der Waals surface area contributed by atoms with Crippen LogP contribution in [0.2, 0.25) is 0 Å². The molecule has 6 nitrogen and oxygen atoms in total. The number of fused-ring (bicyclic) bond motifs is 1. The summed E-state index contributed by atoms with van der Waals surface area (Å²) in [5.74, 6) is 1.36. The average Bonchev–Trinajstić information content (AvgIpc) is 3.29. The Morgan fingerprint density at radius 3 is 2.29 bits per heavy atom. The quantitative estimate of drug-likeness (QED) is 0.366. The summed E-state index contributed by atoms with van der Waals surface area (Å²) in [6.07, 6.45) is 4.00. The fourth-order valence-electron chi connectivity index (χ4n) is 3.96. The zero-order valence-corrected chi connectivity index (χ0v) is 22.7. The molecule has 190 valence electrons. The molecule has 3 aromatic rings. The smallest absolute Gasteiger partial charge is 0.240 e. The van der Waals surface area contributed by atoms with Crippen LogP contribution in [0.15, 0.2) is 53.6 Å². The summed E-state index contributed by atoms with van der Waals surface area (Å²) in [5.41, 5.74) is 7.89. The van der Waals surface area contributed by atoms with Gasteiger partial charge in [-0.25, -0.2) is 9.97 Å². The maximum absolute atomic E-state index is 5.69. The Kier molecular flexibility index (Phi) is 11.0. The SMILES string of the molecule is CC.CC.COc1nc2ccccc2nc1-c1cccc(CCCC(C)(C)CC2=NNC(C)O2)c1. The van der Waals surface area contributed by atoms with Gasteiger partial charge in [-0.1, -0.05) is 71.9 Å². The van der Waals surface area contributed by atoms with Crippen molar-refractivity contribution in [3.8, 4) is 17.1 Å². The molecule has 1 atom stereocenters. The van der Waals surface area contributed by atoms with Gasteiger partial charge in [-0.2, -0.15) is 0 Å². The molecule has 1 aliphatic heterocycles. The summed E-state index contributed by atoms with van der Waals surface area (Å²) >= 11 is 0. The van der Waals surface area contributed by atoms with Crippen LogP contribution in [-0.2, 0) is 11.2 Å². The van der Waals surface area contributed by atoms with E-state index in [1.54, 1.807) is 7.11 Å². The third kappa shape index (κ3) is 7.94. The summed E-state index contributed by atoms with van der Waals surface area (Å²) in [7, 11) is 1.64. The topological polar surface area (TPSA) is 68.6 Å². The normalized spacial score (nSPS) is 14.5. The minimum atomic E-state index is -0.0243. The minimum absolute atomic E-state index is 0.0243. The highest BCUT2D eigenvalue weighted by molar-refractivity contribution is 5.80. The second kappa shape index (κ2) is 13.7. The predicted octanol–water partition coefficient (Wildman–Crippen LogP) is 7.38. The van der Waals surface area contributed by atoms with E-state index < -0.39 is 0 Å². The molecule has 2 heterocycles. The van der Waals surface area contributed by atoms with Crippen molar-refractivity contribution in [3.63, 3.8) is 0 Å². The number of hydrogen-bond acceptors (Lipinski definition) is 6. The molecule has 0 saturated carbocycles. The van der Waals surface area contributed by atoms with Crippen molar-refractivity contribution in [2.75, 3.05) is 7.11 Å². The van der Waals surface area contributed by atoms with Crippen LogP contribution in [0.3, 0.4) is 0 Å². The molecule has 0 amide bonds. The highest BCUT2D eigenvalue weighted by Crippen LogP contribution is 2.31. The molecule has 35 heavy (non-hydrogen) atoms. The van der Waals surface area contributed by atoms with Crippen LogP contribution in [0.4, 0.5) is 0 Å². The third-order valence-electron chi connectivity index (χ3n) is 5.56. The van der Waals surface area contributed by atoms with Gasteiger partial charge in [0.1, 0.15) is 5.69 Å². The van der Waals surface area contributed by atoms with E-state index in [2.05, 4.69) is 53.6 Å². The first kappa shape index (κ1) is 28.1. The Hall–Kier alpha value is -3.15. The van der Waals surface area contributed by atoms with Gasteiger partial charge in [0, 0.05) is 12.0 Å². The summed E-state index contributed by atoms with van der Waals surface area (Å²) in [6, 6.07) is 16.4. The van der Waals surface area contributed by atoms with Crippen molar-refractivity contribution >= 4 is 16.9 Å². The predicted molar refractivity (Wildman–Crippen MR) is 147 cm³/mol. The van der Waals surface area contributed by atoms with E-state index in [1.165, 1.54) is 5.56 Å². The standard InChI is InChI=1S/C25H30N4O2.2C2H6/c1-17-28-29-22(31-17)16-25(2,3)14-8-10-18-9-7-11-19(15-18)23-24(30-4)27-21-13-6-5-12-20(21)26-23;2*1-2/h5-7,9,11-13,15,17,28H,8,10,14,16H2,1-4H3;2*1-2H3. The molecule has 1 aromatic heterocycles. The first-order valence-corrected chi connectivity index (χ1v) is 12.8. The number of benzene rings is 2. The van der Waals surface area contributed by atoms with E-state index in [9.17, 15) is 0 Å². The summed E-state index contributed by atoms with van der Waals surface area (Å²) in [6.45, 7) is 14.5. The number of nitrogens with zero attached hydrogens (tertiary/aromatic N) is 3. The van der Waals surface area contributed by atoms with Gasteiger partial charge in [0.15, 0.2) is 6.23 Å². The minimum Gasteiger partial charge on any atom is -0.479 e. The van der Waals surface area contributed by atoms with Crippen molar-refractivity contribution in [3.05, 3.63) is 54.1 Å². The number of ether oxygens (including phenoxy) is 2. The summed E-state index contributed by atoms with van der Waals surface area (Å²) < 4.78 is 11.2. The summed E-state index contributed by atoms with van der Waals surface area (Å²) in [4.78, 5) is 9.46. The zero-order valence-electron chi connectivity index (χ0n) is 22.7. The first-order valence-electron chi connectivity index (χ1n) is 12.8. The molecule has 1 unspecified atom stereocenters. The molecule has 0 fully saturated rings. The average molecular weight is 479 g/mol. The molecule has 0 spiro atoms. The van der Waals surface area contributed by atoms with Crippen LogP contribution in [0, 0.1) is 5.41 Å². The monoisotopic (exact) mass is 478 g/mol. The van der Waals surface area contributed by atoms with Crippen LogP contribution in [0.25, 0.3) is 22.3 Å². The highest BCUT2D eigenvalue weighted by atomic mass is 16.5. The van der Waals surface area contributed by atoms with Crippen LogP contribution < -0.4 is 10.2 Å². The van der Waals surface area contributed by atoms with E-state index >= 15 is 0 Å². The van der Waals surface area contributed by atoms with Crippen LogP contribution in [0.1, 0.15) is 73.3 Å². The van der Waals surface area contributed by atoms with Crippen LogP contribution in [0.5, 0.6) is 5.88 Å². The largest absolute Gasteiger partial charge is 0.479 e. The Labute approximate surface area is 211 Å². The van der Waals surface area contributed by atoms with Gasteiger partial charge in [0.25, 0.3) is 0 Å². The van der Waals surface area contributed by atoms with Gasteiger partial charge in [-0.15, -0.1) is 5.10 Å². The molecular weight excluding hydrogens is 436 g/mol. The van der Waals surface area contributed by atoms with Crippen molar-refractivity contribution < 1.29 is 9.47 Å². The fourth-order valence-corrected chi connectivity index (χ4v) is 3.96. The number of para-hydroxylation sites is 2. The zero-order chi connectivity index (χ0) is 25.8. The molecular formula is C29H42N4O2. The van der Waals surface area contributed by atoms with E-state index in [1.807, 2.05) is 58.9 Å². The van der Waals surface area contributed by atoms with E-state index in [4.69, 9.17) is 14.5 Å². The number of nitrogens with one attached hydrogen (secondary N) is 1. The molecule has 0 saturated heterocycles. The molecule has 1 aliphatic rings. The lowest BCUT2D eigenvalue weighted by molar-refractivity contribution is 0.192. The van der Waals surface area contributed by atoms with Gasteiger partial charge in [0.2, 0.25) is 11.8 Å². The van der Waals surface area contributed by atoms with Gasteiger partial charge in [-0.05, 0) is 55.4 Å². The maximum atomic E-state index is 5.69. The highest BCUT2D eigenvalue weighted by Gasteiger charge is 2.25. The lowest BCUT2D eigenvalue weighted by atomic mass is 9.83. The summed E-state index contributed by atoms with van der Waals surface area (Å²) in [5, 5.41) is 4.27. The number of aryl methyl sites for hydroxylation is 1. The van der Waals surface area contributed by atoms with Crippen molar-refractivity contribution in [1.82, 2.24) is 15.4 Å². The molecule has 0 aliphatic carbocycles. The Morgan fingerprint density at radius 1 is 0.971 bits per heavy atom. The van der Waals surface area contributed by atoms with Gasteiger partial charge >= 0.3 is 0 Å². The molecule has 1 N–H and O–H groups in total. The van der Waals surface area contributed by atoms with Crippen LogP contribution >= 0.6 is 0 Å². The fraction of sp³-hybridized carbons (Fsp3) is 0.483. The maximum Gasteiger partial charge on any atom is 0.240 e. The Balaban J connectivity index is 0.00000103. The lowest BCUT2D eigenvalue weighted by Gasteiger charge is -2.24. The number of hydrogen-bond donors (Lipinski definition) is 1. The molecule has 2 aromatic carbocycles. The van der Waals surface area contributed by atoms with E-state index in [0.717, 1.165) is 53.9 Å². The van der Waals surface area contributed by atoms with Gasteiger partial charge in [-0.3, -0.25) is 5.43 Å². The number of rotatable bonds is 8. The second-order valence-electron chi connectivity index (χ2n) is 8.86. The van der Waals surface area contributed by atoms with E-state index in [-0.39, 0.29) is 11.6 Å². The first-order chi connectivity index (χ1) is 16.9. The molecule has 0 radical (unpaired) electrons. The molecule has 4 rings (SSSR count). The third-order valence-corrected chi connectivity index (χ3v) is 5.56. The van der Waals surface area contributed by atoms with Crippen LogP contribution in [-0.4, -0.2) is 29.2 Å².